The molecule has 1 aromatic heterocycles. The highest BCUT2D eigenvalue weighted by Gasteiger charge is 2.42. The third-order valence-corrected chi connectivity index (χ3v) is 6.89. The SMILES string of the molecule is C=CCN1[C@@H]2Cc3ccccc3[C@H]1Sc1c2c2ccccc2n1C. The van der Waals surface area contributed by atoms with Crippen LogP contribution in [0.3, 0.4) is 0 Å². The van der Waals surface area contributed by atoms with Crippen LogP contribution in [0.2, 0.25) is 0 Å². The van der Waals surface area contributed by atoms with Gasteiger partial charge >= 0.3 is 0 Å². The summed E-state index contributed by atoms with van der Waals surface area (Å²) in [5.74, 6) is 0. The molecule has 2 aliphatic heterocycles. The molecule has 2 aliphatic rings. The zero-order chi connectivity index (χ0) is 16.3. The Morgan fingerprint density at radius 2 is 1.96 bits per heavy atom. The maximum atomic E-state index is 4.01. The highest BCUT2D eigenvalue weighted by atomic mass is 32.2. The molecule has 0 unspecified atom stereocenters. The quantitative estimate of drug-likeness (QED) is 0.606. The van der Waals surface area contributed by atoms with Crippen LogP contribution in [0.15, 0.2) is 66.2 Å². The zero-order valence-electron chi connectivity index (χ0n) is 13.8. The number of para-hydroxylation sites is 1. The van der Waals surface area contributed by atoms with E-state index in [1.54, 1.807) is 0 Å². The lowest BCUT2D eigenvalue weighted by atomic mass is 9.89. The highest BCUT2D eigenvalue weighted by molar-refractivity contribution is 7.99. The number of aromatic nitrogens is 1. The van der Waals surface area contributed by atoms with Crippen LogP contribution in [0.25, 0.3) is 10.9 Å². The van der Waals surface area contributed by atoms with Gasteiger partial charge in [-0.1, -0.05) is 60.3 Å². The fourth-order valence-electron chi connectivity index (χ4n) is 4.37. The molecule has 2 aromatic carbocycles. The van der Waals surface area contributed by atoms with Gasteiger partial charge in [0.25, 0.3) is 0 Å². The van der Waals surface area contributed by atoms with Crippen molar-refractivity contribution < 1.29 is 0 Å². The van der Waals surface area contributed by atoms with Crippen molar-refractivity contribution in [3.63, 3.8) is 0 Å². The summed E-state index contributed by atoms with van der Waals surface area (Å²) in [7, 11) is 2.21. The van der Waals surface area contributed by atoms with Gasteiger partial charge in [0.05, 0.1) is 10.4 Å². The van der Waals surface area contributed by atoms with Gasteiger partial charge in [0, 0.05) is 36.1 Å². The molecule has 0 radical (unpaired) electrons. The Balaban J connectivity index is 1.78. The third kappa shape index (κ3) is 1.83. The molecular formula is C21H20N2S. The number of aryl methyl sites for hydroxylation is 1. The maximum absolute atomic E-state index is 4.01. The van der Waals surface area contributed by atoms with Gasteiger partial charge < -0.3 is 4.57 Å². The van der Waals surface area contributed by atoms with E-state index < -0.39 is 0 Å². The molecule has 2 nitrogen and oxygen atoms in total. The predicted molar refractivity (Wildman–Crippen MR) is 101 cm³/mol. The third-order valence-electron chi connectivity index (χ3n) is 5.42. The summed E-state index contributed by atoms with van der Waals surface area (Å²) in [6.45, 7) is 4.94. The number of fused-ring (bicyclic) bond motifs is 8. The molecular weight excluding hydrogens is 312 g/mol. The fraction of sp³-hybridized carbons (Fsp3) is 0.238. The first-order chi connectivity index (χ1) is 11.8. The van der Waals surface area contributed by atoms with Gasteiger partial charge in [-0.2, -0.15) is 0 Å². The molecule has 0 amide bonds. The summed E-state index contributed by atoms with van der Waals surface area (Å²) < 4.78 is 2.38. The summed E-state index contributed by atoms with van der Waals surface area (Å²) in [5, 5.41) is 3.22. The van der Waals surface area contributed by atoms with Crippen LogP contribution >= 0.6 is 11.8 Å². The number of hydrogen-bond donors (Lipinski definition) is 0. The van der Waals surface area contributed by atoms with E-state index in [0.717, 1.165) is 13.0 Å². The standard InChI is InChI=1S/C21H20N2S/c1-3-12-23-18-13-14-8-4-5-9-15(14)20(23)24-21-19(18)16-10-6-7-11-17(16)22(21)2/h3-11,18,20H,1,12-13H2,2H3/t18-,20-/m1/s1. The van der Waals surface area contributed by atoms with Crippen LogP contribution in [0.5, 0.6) is 0 Å². The normalized spacial score (nSPS) is 22.2. The van der Waals surface area contributed by atoms with E-state index in [1.165, 1.54) is 32.6 Å². The molecule has 24 heavy (non-hydrogen) atoms. The van der Waals surface area contributed by atoms with Crippen molar-refractivity contribution in [2.75, 3.05) is 6.54 Å². The Bertz CT molecular complexity index is 956. The molecule has 5 rings (SSSR count). The second-order valence-corrected chi connectivity index (χ2v) is 7.74. The average molecular weight is 332 g/mol. The van der Waals surface area contributed by atoms with Gasteiger partial charge in [0.15, 0.2) is 0 Å². The van der Waals surface area contributed by atoms with Crippen LogP contribution in [0.1, 0.15) is 28.1 Å². The van der Waals surface area contributed by atoms with E-state index in [2.05, 4.69) is 71.6 Å². The van der Waals surface area contributed by atoms with Gasteiger partial charge in [0.1, 0.15) is 0 Å². The first-order valence-electron chi connectivity index (χ1n) is 8.48. The van der Waals surface area contributed by atoms with E-state index >= 15 is 0 Å². The average Bonchev–Trinajstić information content (AvgIpc) is 2.89. The van der Waals surface area contributed by atoms with Crippen molar-refractivity contribution in [2.24, 2.45) is 7.05 Å². The van der Waals surface area contributed by atoms with E-state index in [4.69, 9.17) is 0 Å². The van der Waals surface area contributed by atoms with Gasteiger partial charge in [-0.3, -0.25) is 4.90 Å². The number of nitrogens with zero attached hydrogens (tertiary/aromatic N) is 2. The minimum atomic E-state index is 0.383. The predicted octanol–water partition coefficient (Wildman–Crippen LogP) is 5.07. The minimum absolute atomic E-state index is 0.383. The lowest BCUT2D eigenvalue weighted by molar-refractivity contribution is 0.178. The molecule has 0 saturated heterocycles. The van der Waals surface area contributed by atoms with Crippen molar-refractivity contribution in [2.45, 2.75) is 22.9 Å². The first-order valence-corrected chi connectivity index (χ1v) is 9.36. The van der Waals surface area contributed by atoms with Gasteiger partial charge in [-0.05, 0) is 23.6 Å². The van der Waals surface area contributed by atoms with Crippen molar-refractivity contribution in [1.29, 1.82) is 0 Å². The van der Waals surface area contributed by atoms with Crippen LogP contribution in [-0.2, 0) is 13.5 Å². The molecule has 3 heteroatoms. The van der Waals surface area contributed by atoms with Crippen LogP contribution in [0, 0.1) is 0 Å². The first kappa shape index (κ1) is 14.4. The number of rotatable bonds is 2. The Hall–Kier alpha value is -1.97. The van der Waals surface area contributed by atoms with Crippen molar-refractivity contribution in [3.8, 4) is 0 Å². The van der Waals surface area contributed by atoms with Crippen LogP contribution < -0.4 is 0 Å². The largest absolute Gasteiger partial charge is 0.339 e. The summed E-state index contributed by atoms with van der Waals surface area (Å²) in [6, 6.07) is 18.2. The van der Waals surface area contributed by atoms with Gasteiger partial charge in [-0.25, -0.2) is 0 Å². The summed E-state index contributed by atoms with van der Waals surface area (Å²) in [6.07, 6.45) is 3.13. The lowest BCUT2D eigenvalue weighted by Gasteiger charge is -2.46. The maximum Gasteiger partial charge on any atom is 0.0886 e. The Morgan fingerprint density at radius 1 is 1.17 bits per heavy atom. The molecule has 2 atom stereocenters. The smallest absolute Gasteiger partial charge is 0.0886 e. The van der Waals surface area contributed by atoms with Crippen molar-refractivity contribution >= 4 is 22.7 Å². The molecule has 120 valence electrons. The van der Waals surface area contributed by atoms with Crippen molar-refractivity contribution in [1.82, 2.24) is 9.47 Å². The molecule has 3 aromatic rings. The van der Waals surface area contributed by atoms with Crippen LogP contribution in [0.4, 0.5) is 0 Å². The molecule has 0 saturated carbocycles. The molecule has 2 bridgehead atoms. The number of benzene rings is 2. The molecule has 0 spiro atoms. The van der Waals surface area contributed by atoms with E-state index in [-0.39, 0.29) is 0 Å². The number of thioether (sulfide) groups is 1. The Morgan fingerprint density at radius 3 is 2.83 bits per heavy atom. The van der Waals surface area contributed by atoms with E-state index in [1.807, 2.05) is 17.8 Å². The highest BCUT2D eigenvalue weighted by Crippen LogP contribution is 2.56. The van der Waals surface area contributed by atoms with E-state index in [9.17, 15) is 0 Å². The van der Waals surface area contributed by atoms with Crippen LogP contribution in [-0.4, -0.2) is 16.0 Å². The number of hydrogen-bond acceptors (Lipinski definition) is 2. The summed E-state index contributed by atoms with van der Waals surface area (Å²) in [4.78, 5) is 2.62. The Labute approximate surface area is 146 Å². The summed E-state index contributed by atoms with van der Waals surface area (Å²) >= 11 is 2.00. The van der Waals surface area contributed by atoms with E-state index in [0.29, 0.717) is 11.4 Å². The van der Waals surface area contributed by atoms with Gasteiger partial charge in [-0.15, -0.1) is 6.58 Å². The fourth-order valence-corrected chi connectivity index (χ4v) is 5.94. The van der Waals surface area contributed by atoms with Crippen molar-refractivity contribution in [3.05, 3.63) is 77.9 Å². The second-order valence-electron chi connectivity index (χ2n) is 6.67. The van der Waals surface area contributed by atoms with Gasteiger partial charge in [0.2, 0.25) is 0 Å². The molecule has 0 fully saturated rings. The second kappa shape index (κ2) is 5.27. The molecule has 0 aliphatic carbocycles. The topological polar surface area (TPSA) is 8.17 Å². The molecule has 0 N–H and O–H groups in total. The lowest BCUT2D eigenvalue weighted by Crippen LogP contribution is -2.39. The summed E-state index contributed by atoms with van der Waals surface area (Å²) in [5.41, 5.74) is 5.81. The Kier molecular flexibility index (Phi) is 3.15. The zero-order valence-corrected chi connectivity index (χ0v) is 14.6. The minimum Gasteiger partial charge on any atom is -0.339 e. The monoisotopic (exact) mass is 332 g/mol. The molecule has 3 heterocycles.